The monoisotopic (exact) mass is 315 g/mol. The number of phenols is 2. The standard InChI is InChI=1S/C18H21NO4/c1-13(20)19(10-9-14-3-6-16(21)7-4-14)12-15-5-8-18(23-2)17(22)11-15/h3-8,11,21-22H,9-10,12H2,1-2H3. The highest BCUT2D eigenvalue weighted by molar-refractivity contribution is 5.73. The van der Waals surface area contributed by atoms with Gasteiger partial charge in [0.05, 0.1) is 7.11 Å². The summed E-state index contributed by atoms with van der Waals surface area (Å²) < 4.78 is 5.02. The lowest BCUT2D eigenvalue weighted by molar-refractivity contribution is -0.129. The molecule has 23 heavy (non-hydrogen) atoms. The van der Waals surface area contributed by atoms with Crippen molar-refractivity contribution >= 4 is 5.91 Å². The van der Waals surface area contributed by atoms with E-state index in [4.69, 9.17) is 4.74 Å². The molecule has 0 radical (unpaired) electrons. The Hall–Kier alpha value is -2.69. The van der Waals surface area contributed by atoms with Crippen molar-refractivity contribution in [2.45, 2.75) is 19.9 Å². The Bertz CT molecular complexity index is 667. The van der Waals surface area contributed by atoms with Crippen molar-refractivity contribution in [3.63, 3.8) is 0 Å². The van der Waals surface area contributed by atoms with Crippen molar-refractivity contribution in [3.8, 4) is 17.2 Å². The van der Waals surface area contributed by atoms with Crippen LogP contribution in [-0.4, -0.2) is 34.7 Å². The fourth-order valence-corrected chi connectivity index (χ4v) is 2.33. The van der Waals surface area contributed by atoms with E-state index in [0.717, 1.165) is 11.1 Å². The Balaban J connectivity index is 2.02. The number of ether oxygens (including phenoxy) is 1. The largest absolute Gasteiger partial charge is 0.508 e. The van der Waals surface area contributed by atoms with Crippen molar-refractivity contribution in [2.24, 2.45) is 0 Å². The summed E-state index contributed by atoms with van der Waals surface area (Å²) in [5, 5.41) is 19.1. The van der Waals surface area contributed by atoms with Crippen molar-refractivity contribution in [2.75, 3.05) is 13.7 Å². The van der Waals surface area contributed by atoms with Gasteiger partial charge in [-0.2, -0.15) is 0 Å². The first kappa shape index (κ1) is 16.7. The zero-order chi connectivity index (χ0) is 16.8. The molecule has 2 aromatic rings. The smallest absolute Gasteiger partial charge is 0.219 e. The van der Waals surface area contributed by atoms with Gasteiger partial charge < -0.3 is 19.8 Å². The molecule has 2 rings (SSSR count). The molecule has 0 aromatic heterocycles. The molecule has 0 heterocycles. The SMILES string of the molecule is COc1ccc(CN(CCc2ccc(O)cc2)C(C)=O)cc1O. The zero-order valence-corrected chi connectivity index (χ0v) is 13.3. The second kappa shape index (κ2) is 7.54. The Morgan fingerprint density at radius 2 is 1.74 bits per heavy atom. The summed E-state index contributed by atoms with van der Waals surface area (Å²) in [4.78, 5) is 13.5. The molecule has 0 saturated heterocycles. The molecule has 122 valence electrons. The number of benzene rings is 2. The van der Waals surface area contributed by atoms with Gasteiger partial charge in [-0.15, -0.1) is 0 Å². The number of amides is 1. The molecular weight excluding hydrogens is 294 g/mol. The molecule has 5 nitrogen and oxygen atoms in total. The molecule has 0 aliphatic rings. The van der Waals surface area contributed by atoms with Crippen LogP contribution in [0.3, 0.4) is 0 Å². The maximum atomic E-state index is 11.8. The number of hydrogen-bond acceptors (Lipinski definition) is 4. The summed E-state index contributed by atoms with van der Waals surface area (Å²) >= 11 is 0. The first-order valence-corrected chi connectivity index (χ1v) is 7.39. The van der Waals surface area contributed by atoms with Gasteiger partial charge >= 0.3 is 0 Å². The van der Waals surface area contributed by atoms with Gasteiger partial charge in [0.2, 0.25) is 5.91 Å². The lowest BCUT2D eigenvalue weighted by Gasteiger charge is -2.21. The van der Waals surface area contributed by atoms with E-state index in [9.17, 15) is 15.0 Å². The minimum atomic E-state index is -0.0286. The maximum Gasteiger partial charge on any atom is 0.219 e. The summed E-state index contributed by atoms with van der Waals surface area (Å²) in [6.07, 6.45) is 0.696. The minimum absolute atomic E-state index is 0.0286. The number of rotatable bonds is 6. The highest BCUT2D eigenvalue weighted by Crippen LogP contribution is 2.26. The maximum absolute atomic E-state index is 11.8. The molecule has 2 N–H and O–H groups in total. The van der Waals surface area contributed by atoms with Crippen LogP contribution in [0.15, 0.2) is 42.5 Å². The van der Waals surface area contributed by atoms with E-state index in [2.05, 4.69) is 0 Å². The van der Waals surface area contributed by atoms with E-state index in [1.165, 1.54) is 14.0 Å². The fourth-order valence-electron chi connectivity index (χ4n) is 2.33. The Morgan fingerprint density at radius 3 is 2.30 bits per heavy atom. The van der Waals surface area contributed by atoms with Gasteiger partial charge in [-0.25, -0.2) is 0 Å². The molecule has 0 bridgehead atoms. The van der Waals surface area contributed by atoms with Crippen molar-refractivity contribution in [1.29, 1.82) is 0 Å². The van der Waals surface area contributed by atoms with Crippen molar-refractivity contribution < 1.29 is 19.7 Å². The van der Waals surface area contributed by atoms with Crippen LogP contribution in [0.2, 0.25) is 0 Å². The van der Waals surface area contributed by atoms with Gasteiger partial charge in [0, 0.05) is 20.0 Å². The van der Waals surface area contributed by atoms with E-state index in [1.807, 2.05) is 18.2 Å². The average molecular weight is 315 g/mol. The van der Waals surface area contributed by atoms with Crippen LogP contribution in [0, 0.1) is 0 Å². The molecular formula is C18H21NO4. The normalized spacial score (nSPS) is 10.3. The number of carbonyl (C=O) groups excluding carboxylic acids is 1. The highest BCUT2D eigenvalue weighted by Gasteiger charge is 2.11. The van der Waals surface area contributed by atoms with Crippen LogP contribution < -0.4 is 4.74 Å². The number of phenolic OH excluding ortho intramolecular Hbond substituents is 2. The average Bonchev–Trinajstić information content (AvgIpc) is 2.53. The summed E-state index contributed by atoms with van der Waals surface area (Å²) in [6.45, 7) is 2.51. The summed E-state index contributed by atoms with van der Waals surface area (Å²) in [7, 11) is 1.49. The van der Waals surface area contributed by atoms with Crippen LogP contribution in [0.5, 0.6) is 17.2 Å². The third-order valence-corrected chi connectivity index (χ3v) is 3.67. The summed E-state index contributed by atoms with van der Waals surface area (Å²) in [6, 6.07) is 12.1. The second-order valence-corrected chi connectivity index (χ2v) is 5.36. The third kappa shape index (κ3) is 4.64. The quantitative estimate of drug-likeness (QED) is 0.860. The van der Waals surface area contributed by atoms with E-state index >= 15 is 0 Å². The molecule has 2 aromatic carbocycles. The van der Waals surface area contributed by atoms with Gasteiger partial charge in [0.25, 0.3) is 0 Å². The Kier molecular flexibility index (Phi) is 5.46. The molecule has 0 spiro atoms. The predicted octanol–water partition coefficient (Wildman–Crippen LogP) is 2.70. The van der Waals surface area contributed by atoms with Gasteiger partial charge in [-0.3, -0.25) is 4.79 Å². The molecule has 0 saturated carbocycles. The lowest BCUT2D eigenvalue weighted by Crippen LogP contribution is -2.30. The number of nitrogens with zero attached hydrogens (tertiary/aromatic N) is 1. The first-order chi connectivity index (χ1) is 11.0. The van der Waals surface area contributed by atoms with E-state index in [-0.39, 0.29) is 17.4 Å². The lowest BCUT2D eigenvalue weighted by atomic mass is 10.1. The number of carbonyl (C=O) groups is 1. The Labute approximate surface area is 135 Å². The zero-order valence-electron chi connectivity index (χ0n) is 13.3. The van der Waals surface area contributed by atoms with Crippen LogP contribution in [-0.2, 0) is 17.8 Å². The third-order valence-electron chi connectivity index (χ3n) is 3.67. The number of aromatic hydroxyl groups is 2. The van der Waals surface area contributed by atoms with Crippen LogP contribution in [0.1, 0.15) is 18.1 Å². The predicted molar refractivity (Wildman–Crippen MR) is 87.6 cm³/mol. The topological polar surface area (TPSA) is 70.0 Å². The van der Waals surface area contributed by atoms with Gasteiger partial charge in [0.15, 0.2) is 11.5 Å². The molecule has 0 unspecified atom stereocenters. The molecule has 1 amide bonds. The molecule has 0 fully saturated rings. The number of hydrogen-bond donors (Lipinski definition) is 2. The van der Waals surface area contributed by atoms with E-state index in [1.54, 1.807) is 29.2 Å². The Morgan fingerprint density at radius 1 is 1.09 bits per heavy atom. The first-order valence-electron chi connectivity index (χ1n) is 7.39. The van der Waals surface area contributed by atoms with Crippen LogP contribution >= 0.6 is 0 Å². The fraction of sp³-hybridized carbons (Fsp3) is 0.278. The minimum Gasteiger partial charge on any atom is -0.508 e. The number of methoxy groups -OCH3 is 1. The molecule has 0 atom stereocenters. The van der Waals surface area contributed by atoms with Crippen LogP contribution in [0.25, 0.3) is 0 Å². The van der Waals surface area contributed by atoms with Crippen LogP contribution in [0.4, 0.5) is 0 Å². The van der Waals surface area contributed by atoms with E-state index < -0.39 is 0 Å². The molecule has 0 aliphatic heterocycles. The van der Waals surface area contributed by atoms with Gasteiger partial charge in [-0.1, -0.05) is 18.2 Å². The van der Waals surface area contributed by atoms with Gasteiger partial charge in [0.1, 0.15) is 5.75 Å². The summed E-state index contributed by atoms with van der Waals surface area (Å²) in [5.74, 6) is 0.671. The van der Waals surface area contributed by atoms with Gasteiger partial charge in [-0.05, 0) is 41.8 Å². The van der Waals surface area contributed by atoms with Crippen molar-refractivity contribution in [1.82, 2.24) is 4.90 Å². The van der Waals surface area contributed by atoms with E-state index in [0.29, 0.717) is 25.3 Å². The second-order valence-electron chi connectivity index (χ2n) is 5.36. The molecule has 5 heteroatoms. The van der Waals surface area contributed by atoms with Crippen molar-refractivity contribution in [3.05, 3.63) is 53.6 Å². The molecule has 0 aliphatic carbocycles. The highest BCUT2D eigenvalue weighted by atomic mass is 16.5. The summed E-state index contributed by atoms with van der Waals surface area (Å²) in [5.41, 5.74) is 1.89.